The monoisotopic (exact) mass is 343 g/mol. The average molecular weight is 343 g/mol. The molecule has 9 heteroatoms. The zero-order valence-corrected chi connectivity index (χ0v) is 13.2. The first-order valence-electron chi connectivity index (χ1n) is 7.11. The van der Waals surface area contributed by atoms with Crippen LogP contribution in [0.2, 0.25) is 0 Å². The number of nitrogens with zero attached hydrogens (tertiary/aromatic N) is 3. The lowest BCUT2D eigenvalue weighted by molar-refractivity contribution is -0.141. The topological polar surface area (TPSA) is 53.1 Å². The molecule has 130 valence electrons. The summed E-state index contributed by atoms with van der Waals surface area (Å²) in [6.45, 7) is 0.986. The van der Waals surface area contributed by atoms with Gasteiger partial charge in [-0.15, -0.1) is 0 Å². The van der Waals surface area contributed by atoms with Crippen molar-refractivity contribution in [2.45, 2.75) is 6.18 Å². The van der Waals surface area contributed by atoms with E-state index < -0.39 is 17.7 Å². The Kier molecular flexibility index (Phi) is 5.55. The second kappa shape index (κ2) is 7.43. The van der Waals surface area contributed by atoms with E-state index in [9.17, 15) is 17.6 Å². The molecule has 2 N–H and O–H groups in total. The summed E-state index contributed by atoms with van der Waals surface area (Å²) >= 11 is 0. The first-order valence-corrected chi connectivity index (χ1v) is 7.11. The molecule has 1 aromatic carbocycles. The van der Waals surface area contributed by atoms with Crippen LogP contribution in [0.3, 0.4) is 0 Å². The fourth-order valence-electron chi connectivity index (χ4n) is 1.84. The normalized spacial score (nSPS) is 11.6. The minimum atomic E-state index is -4.61. The van der Waals surface area contributed by atoms with Gasteiger partial charge in [0.2, 0.25) is 5.95 Å². The van der Waals surface area contributed by atoms with Gasteiger partial charge in [0.25, 0.3) is 0 Å². The van der Waals surface area contributed by atoms with Gasteiger partial charge in [-0.1, -0.05) is 6.07 Å². The number of hydrogen-bond acceptors (Lipinski definition) is 5. The Labute approximate surface area is 136 Å². The number of aromatic nitrogens is 2. The Hall–Kier alpha value is -2.42. The summed E-state index contributed by atoms with van der Waals surface area (Å²) in [5.41, 5.74) is -0.787. The Balaban J connectivity index is 2.25. The highest BCUT2D eigenvalue weighted by Gasteiger charge is 2.33. The molecular formula is C15H17F4N5. The molecule has 0 spiro atoms. The second-order valence-electron chi connectivity index (χ2n) is 5.33. The maximum absolute atomic E-state index is 13.2. The van der Waals surface area contributed by atoms with E-state index >= 15 is 0 Å². The van der Waals surface area contributed by atoms with Crippen LogP contribution >= 0.6 is 0 Å². The van der Waals surface area contributed by atoms with Crippen LogP contribution < -0.4 is 10.6 Å². The molecule has 0 bridgehead atoms. The third-order valence-corrected chi connectivity index (χ3v) is 2.96. The lowest BCUT2D eigenvalue weighted by atomic mass is 10.3. The summed E-state index contributed by atoms with van der Waals surface area (Å²) in [5, 5.41) is 5.40. The summed E-state index contributed by atoms with van der Waals surface area (Å²) in [5.74, 6) is -0.727. The van der Waals surface area contributed by atoms with E-state index in [1.54, 1.807) is 0 Å². The number of benzene rings is 1. The van der Waals surface area contributed by atoms with E-state index in [-0.39, 0.29) is 11.8 Å². The van der Waals surface area contributed by atoms with E-state index in [0.29, 0.717) is 18.8 Å². The Morgan fingerprint density at radius 3 is 2.50 bits per heavy atom. The Morgan fingerprint density at radius 1 is 1.12 bits per heavy atom. The first kappa shape index (κ1) is 17.9. The van der Waals surface area contributed by atoms with Crippen molar-refractivity contribution in [3.63, 3.8) is 0 Å². The third kappa shape index (κ3) is 5.34. The molecule has 0 amide bonds. The second-order valence-corrected chi connectivity index (χ2v) is 5.33. The van der Waals surface area contributed by atoms with E-state index in [0.717, 1.165) is 12.1 Å². The minimum absolute atomic E-state index is 0.0738. The molecule has 2 rings (SSSR count). The summed E-state index contributed by atoms with van der Waals surface area (Å²) in [6, 6.07) is 6.15. The lowest BCUT2D eigenvalue weighted by Gasteiger charge is -2.14. The van der Waals surface area contributed by atoms with Crippen molar-refractivity contribution >= 4 is 17.5 Å². The van der Waals surface area contributed by atoms with Crippen molar-refractivity contribution in [3.8, 4) is 0 Å². The van der Waals surface area contributed by atoms with Gasteiger partial charge in [-0.3, -0.25) is 0 Å². The fraction of sp³-hybridized carbons (Fsp3) is 0.333. The van der Waals surface area contributed by atoms with Crippen molar-refractivity contribution in [1.29, 1.82) is 0 Å². The summed E-state index contributed by atoms with van der Waals surface area (Å²) < 4.78 is 52.2. The zero-order chi connectivity index (χ0) is 17.7. The molecule has 0 saturated carbocycles. The Morgan fingerprint density at radius 2 is 1.88 bits per heavy atom. The van der Waals surface area contributed by atoms with Crippen LogP contribution in [0, 0.1) is 5.82 Å². The van der Waals surface area contributed by atoms with Gasteiger partial charge in [0, 0.05) is 24.8 Å². The zero-order valence-electron chi connectivity index (χ0n) is 13.2. The molecule has 0 fully saturated rings. The quantitative estimate of drug-likeness (QED) is 0.788. The predicted molar refractivity (Wildman–Crippen MR) is 83.8 cm³/mol. The van der Waals surface area contributed by atoms with Gasteiger partial charge >= 0.3 is 6.18 Å². The third-order valence-electron chi connectivity index (χ3n) is 2.96. The van der Waals surface area contributed by atoms with Crippen LogP contribution in [0.5, 0.6) is 0 Å². The van der Waals surface area contributed by atoms with Gasteiger partial charge in [-0.2, -0.15) is 18.2 Å². The van der Waals surface area contributed by atoms with Crippen LogP contribution in [0.25, 0.3) is 0 Å². The van der Waals surface area contributed by atoms with Gasteiger partial charge in [0.1, 0.15) is 11.6 Å². The smallest absolute Gasteiger partial charge is 0.353 e. The summed E-state index contributed by atoms with van der Waals surface area (Å²) in [7, 11) is 3.68. The predicted octanol–water partition coefficient (Wildman–Crippen LogP) is 3.35. The Bertz CT molecular complexity index is 688. The number of rotatable bonds is 6. The molecule has 0 aliphatic heterocycles. The van der Waals surface area contributed by atoms with Gasteiger partial charge in [-0.25, -0.2) is 9.37 Å². The maximum atomic E-state index is 13.2. The maximum Gasteiger partial charge on any atom is 0.433 e. The van der Waals surface area contributed by atoms with Crippen LogP contribution in [0.15, 0.2) is 30.3 Å². The molecule has 0 radical (unpaired) electrons. The highest BCUT2D eigenvalue weighted by atomic mass is 19.4. The molecule has 0 aliphatic rings. The van der Waals surface area contributed by atoms with E-state index in [1.165, 1.54) is 18.2 Å². The largest absolute Gasteiger partial charge is 0.433 e. The molecule has 5 nitrogen and oxygen atoms in total. The minimum Gasteiger partial charge on any atom is -0.353 e. The highest BCUT2D eigenvalue weighted by Crippen LogP contribution is 2.30. The van der Waals surface area contributed by atoms with Crippen LogP contribution in [-0.4, -0.2) is 42.1 Å². The molecular weight excluding hydrogens is 326 g/mol. The molecule has 0 unspecified atom stereocenters. The average Bonchev–Trinajstić information content (AvgIpc) is 2.45. The number of nitrogens with one attached hydrogen (secondary N) is 2. The van der Waals surface area contributed by atoms with Gasteiger partial charge < -0.3 is 15.5 Å². The van der Waals surface area contributed by atoms with Gasteiger partial charge in [0.15, 0.2) is 5.69 Å². The van der Waals surface area contributed by atoms with Crippen molar-refractivity contribution in [2.24, 2.45) is 0 Å². The van der Waals surface area contributed by atoms with Crippen molar-refractivity contribution in [2.75, 3.05) is 37.8 Å². The number of hydrogen-bond donors (Lipinski definition) is 2. The highest BCUT2D eigenvalue weighted by molar-refractivity contribution is 5.57. The van der Waals surface area contributed by atoms with Gasteiger partial charge in [0.05, 0.1) is 0 Å². The molecule has 1 aromatic heterocycles. The number of alkyl halides is 3. The van der Waals surface area contributed by atoms with Crippen molar-refractivity contribution in [3.05, 3.63) is 41.8 Å². The van der Waals surface area contributed by atoms with Crippen molar-refractivity contribution < 1.29 is 17.6 Å². The number of anilines is 3. The number of likely N-dealkylation sites (N-methyl/N-ethyl adjacent to an activating group) is 1. The van der Waals surface area contributed by atoms with Gasteiger partial charge in [-0.05, 0) is 32.3 Å². The molecule has 1 heterocycles. The molecule has 0 aliphatic carbocycles. The van der Waals surface area contributed by atoms with E-state index in [1.807, 2.05) is 19.0 Å². The number of halogens is 4. The molecule has 2 aromatic rings. The van der Waals surface area contributed by atoms with Crippen LogP contribution in [-0.2, 0) is 6.18 Å². The first-order chi connectivity index (χ1) is 11.2. The van der Waals surface area contributed by atoms with E-state index in [4.69, 9.17) is 0 Å². The van der Waals surface area contributed by atoms with Crippen LogP contribution in [0.1, 0.15) is 5.69 Å². The summed E-state index contributed by atoms with van der Waals surface area (Å²) in [4.78, 5) is 9.34. The standard InChI is InChI=1S/C15H17F4N5/c1-24(2)7-6-20-14-22-12(15(17,18)19)9-13(23-14)21-11-5-3-4-10(16)8-11/h3-5,8-9H,6-7H2,1-2H3,(H2,20,21,22,23). The van der Waals surface area contributed by atoms with E-state index in [2.05, 4.69) is 20.6 Å². The summed E-state index contributed by atoms with van der Waals surface area (Å²) in [6.07, 6.45) is -4.61. The molecule has 0 atom stereocenters. The fourth-order valence-corrected chi connectivity index (χ4v) is 1.84. The SMILES string of the molecule is CN(C)CCNc1nc(Nc2cccc(F)c2)cc(C(F)(F)F)n1. The molecule has 24 heavy (non-hydrogen) atoms. The van der Waals surface area contributed by atoms with Crippen molar-refractivity contribution in [1.82, 2.24) is 14.9 Å². The van der Waals surface area contributed by atoms with Crippen LogP contribution in [0.4, 0.5) is 35.0 Å². The molecule has 0 saturated heterocycles. The lowest BCUT2D eigenvalue weighted by Crippen LogP contribution is -2.22.